The molecule has 2 rings (SSSR count). The minimum Gasteiger partial charge on any atom is -0.339 e. The van der Waals surface area contributed by atoms with Gasteiger partial charge in [0, 0.05) is 7.05 Å². The molecule has 4 heteroatoms. The van der Waals surface area contributed by atoms with Gasteiger partial charge in [0.2, 0.25) is 0 Å². The maximum atomic E-state index is 11.4. The predicted octanol–water partition coefficient (Wildman–Crippen LogP) is 1.32. The lowest BCUT2D eigenvalue weighted by Crippen LogP contribution is -2.38. The van der Waals surface area contributed by atoms with Gasteiger partial charge in [0.25, 0.3) is 0 Å². The van der Waals surface area contributed by atoms with E-state index in [1.807, 2.05) is 18.2 Å². The van der Waals surface area contributed by atoms with E-state index in [9.17, 15) is 4.79 Å². The Morgan fingerprint density at radius 3 is 2.87 bits per heavy atom. The summed E-state index contributed by atoms with van der Waals surface area (Å²) in [6.45, 7) is 1.06. The molecular formula is C11H14N2O2. The molecule has 0 bridgehead atoms. The van der Waals surface area contributed by atoms with Crippen LogP contribution in [0.5, 0.6) is 0 Å². The number of amides is 2. The van der Waals surface area contributed by atoms with Crippen LogP contribution >= 0.6 is 0 Å². The van der Waals surface area contributed by atoms with E-state index >= 15 is 0 Å². The number of nitrogens with zero attached hydrogens (tertiary/aromatic N) is 1. The molecule has 80 valence electrons. The van der Waals surface area contributed by atoms with Gasteiger partial charge in [-0.15, -0.1) is 0 Å². The van der Waals surface area contributed by atoms with Crippen molar-refractivity contribution in [3.05, 3.63) is 35.4 Å². The van der Waals surface area contributed by atoms with Crippen molar-refractivity contribution in [3.63, 3.8) is 0 Å². The van der Waals surface area contributed by atoms with Gasteiger partial charge < -0.3 is 5.32 Å². The predicted molar refractivity (Wildman–Crippen MR) is 56.1 cm³/mol. The quantitative estimate of drug-likeness (QED) is 0.695. The van der Waals surface area contributed by atoms with E-state index in [4.69, 9.17) is 4.84 Å². The summed E-state index contributed by atoms with van der Waals surface area (Å²) in [6, 6.07) is 7.91. The zero-order valence-electron chi connectivity index (χ0n) is 8.69. The van der Waals surface area contributed by atoms with Crippen molar-refractivity contribution in [2.45, 2.75) is 13.0 Å². The molecule has 1 aliphatic heterocycles. The van der Waals surface area contributed by atoms with Crippen LogP contribution in [0.15, 0.2) is 24.3 Å². The van der Waals surface area contributed by atoms with Crippen LogP contribution in [0.4, 0.5) is 4.79 Å². The molecule has 0 saturated heterocycles. The Balaban J connectivity index is 2.12. The van der Waals surface area contributed by atoms with Crippen molar-refractivity contribution in [1.82, 2.24) is 10.4 Å². The average molecular weight is 206 g/mol. The topological polar surface area (TPSA) is 41.6 Å². The second kappa shape index (κ2) is 4.31. The summed E-state index contributed by atoms with van der Waals surface area (Å²) in [5.74, 6) is 0. The molecule has 15 heavy (non-hydrogen) atoms. The lowest BCUT2D eigenvalue weighted by molar-refractivity contribution is -0.123. The summed E-state index contributed by atoms with van der Waals surface area (Å²) >= 11 is 0. The second-order valence-corrected chi connectivity index (χ2v) is 3.45. The molecule has 0 atom stereocenters. The number of urea groups is 1. The van der Waals surface area contributed by atoms with Gasteiger partial charge in [-0.25, -0.2) is 9.86 Å². The van der Waals surface area contributed by atoms with Crippen molar-refractivity contribution in [2.75, 3.05) is 13.6 Å². The Morgan fingerprint density at radius 2 is 2.13 bits per heavy atom. The van der Waals surface area contributed by atoms with Crippen molar-refractivity contribution >= 4 is 6.03 Å². The highest BCUT2D eigenvalue weighted by atomic mass is 16.7. The van der Waals surface area contributed by atoms with Gasteiger partial charge in [0.05, 0.1) is 6.54 Å². The molecule has 0 spiro atoms. The fraction of sp³-hybridized carbons (Fsp3) is 0.364. The molecule has 1 heterocycles. The molecule has 4 nitrogen and oxygen atoms in total. The van der Waals surface area contributed by atoms with E-state index in [0.29, 0.717) is 13.2 Å². The lowest BCUT2D eigenvalue weighted by Gasteiger charge is -2.18. The Hall–Kier alpha value is -1.55. The van der Waals surface area contributed by atoms with Gasteiger partial charge in [-0.3, -0.25) is 4.84 Å². The largest absolute Gasteiger partial charge is 0.341 e. The molecule has 1 aliphatic rings. The number of hydrogen-bond acceptors (Lipinski definition) is 2. The molecule has 1 N–H and O–H groups in total. The summed E-state index contributed by atoms with van der Waals surface area (Å²) in [5, 5.41) is 3.93. The lowest BCUT2D eigenvalue weighted by atomic mass is 10.1. The fourth-order valence-electron chi connectivity index (χ4n) is 1.66. The van der Waals surface area contributed by atoms with Gasteiger partial charge in [-0.2, -0.15) is 0 Å². The molecule has 0 unspecified atom stereocenters. The highest BCUT2D eigenvalue weighted by molar-refractivity contribution is 5.72. The Labute approximate surface area is 88.8 Å². The number of rotatable bonds is 0. The van der Waals surface area contributed by atoms with Gasteiger partial charge in [-0.05, 0) is 17.5 Å². The van der Waals surface area contributed by atoms with Crippen LogP contribution in [-0.4, -0.2) is 24.7 Å². The minimum absolute atomic E-state index is 0.192. The normalized spacial score (nSPS) is 15.4. The van der Waals surface area contributed by atoms with Gasteiger partial charge >= 0.3 is 6.03 Å². The van der Waals surface area contributed by atoms with Crippen molar-refractivity contribution in [1.29, 1.82) is 0 Å². The monoisotopic (exact) mass is 206 g/mol. The van der Waals surface area contributed by atoms with Crippen molar-refractivity contribution in [3.8, 4) is 0 Å². The van der Waals surface area contributed by atoms with E-state index < -0.39 is 0 Å². The average Bonchev–Trinajstić information content (AvgIpc) is 2.50. The second-order valence-electron chi connectivity index (χ2n) is 3.45. The number of fused-ring (bicyclic) bond motifs is 1. The first-order valence-electron chi connectivity index (χ1n) is 5.00. The third-order valence-electron chi connectivity index (χ3n) is 2.52. The number of hydrogen-bond donors (Lipinski definition) is 1. The van der Waals surface area contributed by atoms with Crippen molar-refractivity contribution in [2.24, 2.45) is 0 Å². The molecule has 1 aromatic carbocycles. The van der Waals surface area contributed by atoms with Crippen LogP contribution in [0, 0.1) is 0 Å². The zero-order valence-corrected chi connectivity index (χ0v) is 8.69. The summed E-state index contributed by atoms with van der Waals surface area (Å²) in [5.41, 5.74) is 2.41. The molecule has 0 aromatic heterocycles. The number of carbonyl (C=O) groups excluding carboxylic acids is 1. The SMILES string of the molecule is CNC(=O)N1CCc2ccccc2CO1. The molecule has 0 saturated carbocycles. The van der Waals surface area contributed by atoms with E-state index in [2.05, 4.69) is 11.4 Å². The number of benzene rings is 1. The molecule has 0 radical (unpaired) electrons. The number of carbonyl (C=O) groups is 1. The number of nitrogens with one attached hydrogen (secondary N) is 1. The molecule has 0 aliphatic carbocycles. The van der Waals surface area contributed by atoms with E-state index in [1.165, 1.54) is 10.6 Å². The molecule has 2 amide bonds. The van der Waals surface area contributed by atoms with E-state index in [0.717, 1.165) is 12.0 Å². The first-order chi connectivity index (χ1) is 7.31. The van der Waals surface area contributed by atoms with Crippen LogP contribution in [0.1, 0.15) is 11.1 Å². The highest BCUT2D eigenvalue weighted by Gasteiger charge is 2.17. The highest BCUT2D eigenvalue weighted by Crippen LogP contribution is 2.16. The fourth-order valence-corrected chi connectivity index (χ4v) is 1.66. The third-order valence-corrected chi connectivity index (χ3v) is 2.52. The molecule has 0 fully saturated rings. The molecule has 1 aromatic rings. The standard InChI is InChI=1S/C11H14N2O2/c1-12-11(14)13-7-6-9-4-2-3-5-10(9)8-15-13/h2-5H,6-8H2,1H3,(H,12,14). The van der Waals surface area contributed by atoms with Gasteiger partial charge in [-0.1, -0.05) is 24.3 Å². The van der Waals surface area contributed by atoms with Crippen LogP contribution < -0.4 is 5.32 Å². The Kier molecular flexibility index (Phi) is 2.87. The smallest absolute Gasteiger partial charge is 0.339 e. The first-order valence-corrected chi connectivity index (χ1v) is 5.00. The van der Waals surface area contributed by atoms with Crippen molar-refractivity contribution < 1.29 is 9.63 Å². The first kappa shape index (κ1) is 9.98. The van der Waals surface area contributed by atoms with Gasteiger partial charge in [0.1, 0.15) is 6.61 Å². The third kappa shape index (κ3) is 2.10. The minimum atomic E-state index is -0.192. The van der Waals surface area contributed by atoms with Crippen LogP contribution in [0.2, 0.25) is 0 Å². The Morgan fingerprint density at radius 1 is 1.40 bits per heavy atom. The molecular weight excluding hydrogens is 192 g/mol. The summed E-state index contributed by atoms with van der Waals surface area (Å²) in [7, 11) is 1.60. The van der Waals surface area contributed by atoms with Gasteiger partial charge in [0.15, 0.2) is 0 Å². The van der Waals surface area contributed by atoms with Crippen LogP contribution in [-0.2, 0) is 17.9 Å². The summed E-state index contributed by atoms with van der Waals surface area (Å²) in [4.78, 5) is 16.8. The maximum Gasteiger partial charge on any atom is 0.341 e. The van der Waals surface area contributed by atoms with E-state index in [1.54, 1.807) is 7.05 Å². The zero-order chi connectivity index (χ0) is 10.7. The maximum absolute atomic E-state index is 11.4. The van der Waals surface area contributed by atoms with Crippen LogP contribution in [0.25, 0.3) is 0 Å². The Bertz CT molecular complexity index is 338. The summed E-state index contributed by atoms with van der Waals surface area (Å²) < 4.78 is 0. The number of hydroxylamine groups is 2. The summed E-state index contributed by atoms with van der Waals surface area (Å²) in [6.07, 6.45) is 0.837. The van der Waals surface area contributed by atoms with E-state index in [-0.39, 0.29) is 6.03 Å². The van der Waals surface area contributed by atoms with Crippen LogP contribution in [0.3, 0.4) is 0 Å².